The molecular formula is C16H16F2N2S. The van der Waals surface area contributed by atoms with E-state index in [0.29, 0.717) is 0 Å². The average molecular weight is 306 g/mol. The third-order valence-corrected chi connectivity index (χ3v) is 5.27. The maximum atomic E-state index is 13.8. The average Bonchev–Trinajstić information content (AvgIpc) is 2.90. The fourth-order valence-electron chi connectivity index (χ4n) is 2.68. The molecule has 3 rings (SSSR count). The zero-order valence-corrected chi connectivity index (χ0v) is 12.2. The van der Waals surface area contributed by atoms with Gasteiger partial charge in [0.25, 0.3) is 0 Å². The molecule has 1 aliphatic rings. The Morgan fingerprint density at radius 3 is 2.52 bits per heavy atom. The summed E-state index contributed by atoms with van der Waals surface area (Å²) >= 11 is 1.71. The molecule has 110 valence electrons. The Kier molecular flexibility index (Phi) is 4.24. The van der Waals surface area contributed by atoms with Crippen molar-refractivity contribution in [2.45, 2.75) is 29.0 Å². The minimum absolute atomic E-state index is 0.0945. The van der Waals surface area contributed by atoms with E-state index in [9.17, 15) is 8.78 Å². The van der Waals surface area contributed by atoms with Crippen LogP contribution >= 0.6 is 11.8 Å². The molecule has 3 N–H and O–H groups in total. The molecule has 0 saturated carbocycles. The molecule has 5 heteroatoms. The molecule has 0 bridgehead atoms. The van der Waals surface area contributed by atoms with Gasteiger partial charge in [0.2, 0.25) is 0 Å². The fraction of sp³-hybridized carbons (Fsp3) is 0.250. The standard InChI is InChI=1S/C16H16F2N2S/c17-12-5-3-6-13(18)11(12)9-14(20-19)16-8-10-4-1-2-7-15(10)21-16/h1-7,14,16,20H,8-9,19H2. The molecule has 2 aromatic carbocycles. The molecule has 2 unspecified atom stereocenters. The first kappa shape index (κ1) is 14.5. The van der Waals surface area contributed by atoms with Crippen LogP contribution in [-0.2, 0) is 12.8 Å². The van der Waals surface area contributed by atoms with E-state index in [1.807, 2.05) is 12.1 Å². The first-order valence-electron chi connectivity index (χ1n) is 6.82. The molecule has 2 nitrogen and oxygen atoms in total. The maximum absolute atomic E-state index is 13.8. The van der Waals surface area contributed by atoms with E-state index in [1.165, 1.54) is 28.7 Å². The van der Waals surface area contributed by atoms with Crippen LogP contribution in [0, 0.1) is 11.6 Å². The summed E-state index contributed by atoms with van der Waals surface area (Å²) in [5.41, 5.74) is 4.09. The Morgan fingerprint density at radius 1 is 1.14 bits per heavy atom. The van der Waals surface area contributed by atoms with E-state index < -0.39 is 11.6 Å². The highest BCUT2D eigenvalue weighted by Gasteiger charge is 2.30. The van der Waals surface area contributed by atoms with Crippen molar-refractivity contribution in [1.29, 1.82) is 0 Å². The summed E-state index contributed by atoms with van der Waals surface area (Å²) in [7, 11) is 0. The van der Waals surface area contributed by atoms with E-state index in [2.05, 4.69) is 17.6 Å². The molecule has 1 aliphatic heterocycles. The van der Waals surface area contributed by atoms with Crippen LogP contribution in [0.25, 0.3) is 0 Å². The molecule has 0 fully saturated rings. The third kappa shape index (κ3) is 2.95. The highest BCUT2D eigenvalue weighted by Crippen LogP contribution is 2.39. The summed E-state index contributed by atoms with van der Waals surface area (Å²) in [5.74, 6) is 4.59. The predicted molar refractivity (Wildman–Crippen MR) is 81.0 cm³/mol. The number of nitrogens with two attached hydrogens (primary N) is 1. The van der Waals surface area contributed by atoms with Crippen LogP contribution in [-0.4, -0.2) is 11.3 Å². The summed E-state index contributed by atoms with van der Waals surface area (Å²) in [4.78, 5) is 1.22. The van der Waals surface area contributed by atoms with Gasteiger partial charge in [0, 0.05) is 21.8 Å². The van der Waals surface area contributed by atoms with Gasteiger partial charge in [-0.25, -0.2) is 8.78 Å². The molecule has 0 radical (unpaired) electrons. The summed E-state index contributed by atoms with van der Waals surface area (Å²) in [6, 6.07) is 11.9. The van der Waals surface area contributed by atoms with Crippen molar-refractivity contribution in [3.05, 3.63) is 65.2 Å². The molecule has 0 saturated heterocycles. The lowest BCUT2D eigenvalue weighted by atomic mass is 9.98. The lowest BCUT2D eigenvalue weighted by Gasteiger charge is -2.22. The molecule has 0 aromatic heterocycles. The quantitative estimate of drug-likeness (QED) is 0.673. The van der Waals surface area contributed by atoms with Gasteiger partial charge in [0.1, 0.15) is 11.6 Å². The Bertz CT molecular complexity index is 603. The van der Waals surface area contributed by atoms with Gasteiger partial charge in [-0.15, -0.1) is 11.8 Å². The molecule has 2 aromatic rings. The number of hydrogen-bond acceptors (Lipinski definition) is 3. The second kappa shape index (κ2) is 6.13. The third-order valence-electron chi connectivity index (χ3n) is 3.82. The molecular weight excluding hydrogens is 290 g/mol. The zero-order chi connectivity index (χ0) is 14.8. The maximum Gasteiger partial charge on any atom is 0.129 e. The summed E-state index contributed by atoms with van der Waals surface area (Å²) in [6.45, 7) is 0. The van der Waals surface area contributed by atoms with Crippen molar-refractivity contribution >= 4 is 11.8 Å². The van der Waals surface area contributed by atoms with E-state index in [-0.39, 0.29) is 23.3 Å². The van der Waals surface area contributed by atoms with E-state index in [1.54, 1.807) is 11.8 Å². The van der Waals surface area contributed by atoms with Gasteiger partial charge < -0.3 is 0 Å². The lowest BCUT2D eigenvalue weighted by molar-refractivity contribution is 0.475. The summed E-state index contributed by atoms with van der Waals surface area (Å²) < 4.78 is 27.6. The molecule has 21 heavy (non-hydrogen) atoms. The van der Waals surface area contributed by atoms with E-state index in [4.69, 9.17) is 5.84 Å². The minimum atomic E-state index is -0.518. The van der Waals surface area contributed by atoms with Gasteiger partial charge in [-0.05, 0) is 36.6 Å². The molecule has 0 spiro atoms. The van der Waals surface area contributed by atoms with Crippen LogP contribution in [0.3, 0.4) is 0 Å². The summed E-state index contributed by atoms with van der Waals surface area (Å²) in [6.07, 6.45) is 1.09. The number of thioether (sulfide) groups is 1. The van der Waals surface area contributed by atoms with Crippen molar-refractivity contribution in [3.63, 3.8) is 0 Å². The first-order chi connectivity index (χ1) is 10.2. The van der Waals surface area contributed by atoms with Crippen LogP contribution in [0.2, 0.25) is 0 Å². The Balaban J connectivity index is 1.78. The highest BCUT2D eigenvalue weighted by molar-refractivity contribution is 8.00. The Labute approximate surface area is 126 Å². The Morgan fingerprint density at radius 2 is 1.86 bits per heavy atom. The predicted octanol–water partition coefficient (Wildman–Crippen LogP) is 3.06. The van der Waals surface area contributed by atoms with E-state index >= 15 is 0 Å². The number of hydrazine groups is 1. The molecule has 2 atom stereocenters. The highest BCUT2D eigenvalue weighted by atomic mass is 32.2. The molecule has 1 heterocycles. The number of rotatable bonds is 4. The SMILES string of the molecule is NNC(Cc1c(F)cccc1F)C1Cc2ccccc2S1. The van der Waals surface area contributed by atoms with Crippen molar-refractivity contribution in [1.82, 2.24) is 5.43 Å². The van der Waals surface area contributed by atoms with Crippen LogP contribution in [0.1, 0.15) is 11.1 Å². The zero-order valence-electron chi connectivity index (χ0n) is 11.4. The van der Waals surface area contributed by atoms with Gasteiger partial charge in [0.15, 0.2) is 0 Å². The monoisotopic (exact) mass is 306 g/mol. The van der Waals surface area contributed by atoms with Crippen molar-refractivity contribution in [2.75, 3.05) is 0 Å². The van der Waals surface area contributed by atoms with Crippen molar-refractivity contribution < 1.29 is 8.78 Å². The van der Waals surface area contributed by atoms with E-state index in [0.717, 1.165) is 6.42 Å². The second-order valence-electron chi connectivity index (χ2n) is 5.15. The number of fused-ring (bicyclic) bond motifs is 1. The van der Waals surface area contributed by atoms with Gasteiger partial charge in [-0.3, -0.25) is 11.3 Å². The number of halogens is 2. The van der Waals surface area contributed by atoms with Crippen LogP contribution in [0.5, 0.6) is 0 Å². The second-order valence-corrected chi connectivity index (χ2v) is 6.43. The molecule has 0 aliphatic carbocycles. The number of benzene rings is 2. The lowest BCUT2D eigenvalue weighted by Crippen LogP contribution is -2.44. The minimum Gasteiger partial charge on any atom is -0.271 e. The number of nitrogens with one attached hydrogen (secondary N) is 1. The van der Waals surface area contributed by atoms with Crippen LogP contribution < -0.4 is 11.3 Å². The van der Waals surface area contributed by atoms with Crippen LogP contribution in [0.4, 0.5) is 8.78 Å². The van der Waals surface area contributed by atoms with Crippen molar-refractivity contribution in [3.8, 4) is 0 Å². The Hall–Kier alpha value is -1.43. The topological polar surface area (TPSA) is 38.0 Å². The summed E-state index contributed by atoms with van der Waals surface area (Å²) in [5, 5.41) is 0.173. The van der Waals surface area contributed by atoms with Crippen molar-refractivity contribution in [2.24, 2.45) is 5.84 Å². The largest absolute Gasteiger partial charge is 0.271 e. The first-order valence-corrected chi connectivity index (χ1v) is 7.70. The normalized spacial score (nSPS) is 18.5. The van der Waals surface area contributed by atoms with Gasteiger partial charge in [0.05, 0.1) is 0 Å². The van der Waals surface area contributed by atoms with Gasteiger partial charge in [-0.1, -0.05) is 24.3 Å². The number of hydrogen-bond donors (Lipinski definition) is 2. The smallest absolute Gasteiger partial charge is 0.129 e. The fourth-order valence-corrected chi connectivity index (χ4v) is 4.07. The van der Waals surface area contributed by atoms with Gasteiger partial charge >= 0.3 is 0 Å². The molecule has 0 amide bonds. The van der Waals surface area contributed by atoms with Gasteiger partial charge in [-0.2, -0.15) is 0 Å². The van der Waals surface area contributed by atoms with Crippen LogP contribution in [0.15, 0.2) is 47.4 Å².